The smallest absolute Gasteiger partial charge is 0.192 e. The SMILES string of the molecule is CC[Si](CC)(CC)OCC1=CC=C2CC[C@@H]([C@@H](C)O[Si](CC)(CC)CC)[C@@]2(O)CC1. The first kappa shape index (κ1) is 26.0. The van der Waals surface area contributed by atoms with E-state index >= 15 is 0 Å². The lowest BCUT2D eigenvalue weighted by Crippen LogP contribution is -2.47. The Bertz CT molecular complexity index is 591. The zero-order chi connectivity index (χ0) is 22.4. The molecule has 0 aromatic heterocycles. The predicted octanol–water partition coefficient (Wildman–Crippen LogP) is 7.21. The van der Waals surface area contributed by atoms with Crippen LogP contribution in [-0.2, 0) is 8.85 Å². The van der Waals surface area contributed by atoms with Crippen LogP contribution in [-0.4, -0.2) is 40.1 Å². The van der Waals surface area contributed by atoms with Gasteiger partial charge in [-0.05, 0) is 80.0 Å². The van der Waals surface area contributed by atoms with Crippen molar-refractivity contribution in [3.05, 3.63) is 23.3 Å². The summed E-state index contributed by atoms with van der Waals surface area (Å²) in [6.45, 7) is 16.7. The highest BCUT2D eigenvalue weighted by Crippen LogP contribution is 2.48. The van der Waals surface area contributed by atoms with E-state index in [1.807, 2.05) is 0 Å². The largest absolute Gasteiger partial charge is 0.414 e. The maximum atomic E-state index is 11.8. The van der Waals surface area contributed by atoms with Gasteiger partial charge in [0.05, 0.1) is 12.2 Å². The van der Waals surface area contributed by atoms with Gasteiger partial charge in [0.1, 0.15) is 0 Å². The number of rotatable bonds is 12. The number of hydrogen-bond acceptors (Lipinski definition) is 3. The van der Waals surface area contributed by atoms with Crippen molar-refractivity contribution in [2.45, 2.75) is 122 Å². The summed E-state index contributed by atoms with van der Waals surface area (Å²) in [7, 11) is -3.24. The second-order valence-electron chi connectivity index (χ2n) is 9.69. The Hall–Kier alpha value is -0.206. The minimum atomic E-state index is -1.67. The Kier molecular flexibility index (Phi) is 9.63. The molecule has 0 aliphatic heterocycles. The Labute approximate surface area is 188 Å². The van der Waals surface area contributed by atoms with Crippen LogP contribution in [0.4, 0.5) is 0 Å². The molecule has 3 nitrogen and oxygen atoms in total. The molecule has 0 heterocycles. The summed E-state index contributed by atoms with van der Waals surface area (Å²) in [4.78, 5) is 0. The van der Waals surface area contributed by atoms with Crippen molar-refractivity contribution in [1.29, 1.82) is 0 Å². The molecule has 0 bridgehead atoms. The van der Waals surface area contributed by atoms with E-state index < -0.39 is 22.2 Å². The molecular weight excluding hydrogens is 404 g/mol. The van der Waals surface area contributed by atoms with Crippen molar-refractivity contribution in [2.24, 2.45) is 5.92 Å². The molecule has 174 valence electrons. The van der Waals surface area contributed by atoms with Crippen LogP contribution in [0.5, 0.6) is 0 Å². The molecule has 0 radical (unpaired) electrons. The van der Waals surface area contributed by atoms with E-state index in [0.29, 0.717) is 0 Å². The quantitative estimate of drug-likeness (QED) is 0.318. The molecule has 0 spiro atoms. The van der Waals surface area contributed by atoms with Gasteiger partial charge in [0.25, 0.3) is 0 Å². The maximum Gasteiger partial charge on any atom is 0.192 e. The fraction of sp³-hybridized carbons (Fsp3) is 0.840. The first-order valence-corrected chi connectivity index (χ1v) is 17.8. The van der Waals surface area contributed by atoms with Crippen molar-refractivity contribution >= 4 is 16.6 Å². The third-order valence-electron chi connectivity index (χ3n) is 8.67. The molecule has 2 rings (SSSR count). The Balaban J connectivity index is 2.08. The van der Waals surface area contributed by atoms with E-state index in [9.17, 15) is 5.11 Å². The van der Waals surface area contributed by atoms with E-state index in [1.54, 1.807) is 0 Å². The molecule has 1 fully saturated rings. The third kappa shape index (κ3) is 5.40. The van der Waals surface area contributed by atoms with Crippen molar-refractivity contribution in [1.82, 2.24) is 0 Å². The topological polar surface area (TPSA) is 38.7 Å². The predicted molar refractivity (Wildman–Crippen MR) is 134 cm³/mol. The zero-order valence-electron chi connectivity index (χ0n) is 20.9. The average Bonchev–Trinajstić information content (AvgIpc) is 3.01. The minimum absolute atomic E-state index is 0.130. The number of hydrogen-bond donors (Lipinski definition) is 1. The zero-order valence-corrected chi connectivity index (χ0v) is 22.9. The molecule has 1 saturated carbocycles. The molecule has 0 aromatic carbocycles. The van der Waals surface area contributed by atoms with Gasteiger partial charge in [-0.1, -0.05) is 53.7 Å². The van der Waals surface area contributed by atoms with Gasteiger partial charge in [0.2, 0.25) is 0 Å². The molecule has 1 N–H and O–H groups in total. The molecule has 30 heavy (non-hydrogen) atoms. The molecule has 2 aliphatic rings. The second-order valence-corrected chi connectivity index (χ2v) is 19.2. The highest BCUT2D eigenvalue weighted by molar-refractivity contribution is 6.74. The Morgan fingerprint density at radius 3 is 2.03 bits per heavy atom. The normalized spacial score (nSPS) is 26.1. The van der Waals surface area contributed by atoms with Gasteiger partial charge < -0.3 is 14.0 Å². The van der Waals surface area contributed by atoms with Gasteiger partial charge in [-0.25, -0.2) is 0 Å². The number of aliphatic hydroxyl groups is 1. The van der Waals surface area contributed by atoms with Crippen LogP contribution in [0.3, 0.4) is 0 Å². The summed E-state index contributed by atoms with van der Waals surface area (Å²) >= 11 is 0. The molecule has 0 aromatic rings. The van der Waals surface area contributed by atoms with E-state index in [2.05, 4.69) is 60.6 Å². The summed E-state index contributed by atoms with van der Waals surface area (Å²) in [6, 6.07) is 7.06. The van der Waals surface area contributed by atoms with Crippen LogP contribution in [0, 0.1) is 5.92 Å². The standard InChI is InChI=1S/C25H48O3Si2/c1-8-29(9-2,10-3)27-20-22-14-15-23-16-17-24(25(23,26)19-18-22)21(7)28-30(11-4,12-5)13-6/h14-15,21,24,26H,8-13,16-20H2,1-7H3/t21-,24+,25-/m1/s1. The molecule has 0 unspecified atom stereocenters. The fourth-order valence-electron chi connectivity index (χ4n) is 5.75. The molecule has 0 amide bonds. The molecule has 2 aliphatic carbocycles. The Morgan fingerprint density at radius 2 is 1.50 bits per heavy atom. The summed E-state index contributed by atoms with van der Waals surface area (Å²) in [5, 5.41) is 11.8. The molecular formula is C25H48O3Si2. The van der Waals surface area contributed by atoms with Gasteiger partial charge >= 0.3 is 0 Å². The fourth-order valence-corrected chi connectivity index (χ4v) is 11.3. The lowest BCUT2D eigenvalue weighted by Gasteiger charge is -2.40. The van der Waals surface area contributed by atoms with E-state index in [0.717, 1.165) is 32.3 Å². The van der Waals surface area contributed by atoms with E-state index in [1.165, 1.54) is 47.4 Å². The highest BCUT2D eigenvalue weighted by Gasteiger charge is 2.49. The minimum Gasteiger partial charge on any atom is -0.414 e. The lowest BCUT2D eigenvalue weighted by atomic mass is 9.81. The molecule has 3 atom stereocenters. The van der Waals surface area contributed by atoms with Crippen LogP contribution < -0.4 is 0 Å². The van der Waals surface area contributed by atoms with Crippen molar-refractivity contribution < 1.29 is 14.0 Å². The summed E-state index contributed by atoms with van der Waals surface area (Å²) in [6.07, 6.45) is 8.38. The van der Waals surface area contributed by atoms with Gasteiger partial charge in [-0.3, -0.25) is 0 Å². The van der Waals surface area contributed by atoms with Crippen LogP contribution in [0.2, 0.25) is 36.3 Å². The van der Waals surface area contributed by atoms with Crippen molar-refractivity contribution in [2.75, 3.05) is 6.61 Å². The van der Waals surface area contributed by atoms with Crippen LogP contribution in [0.15, 0.2) is 23.3 Å². The number of allylic oxidation sites excluding steroid dienone is 2. The van der Waals surface area contributed by atoms with Crippen molar-refractivity contribution in [3.63, 3.8) is 0 Å². The van der Waals surface area contributed by atoms with Crippen molar-refractivity contribution in [3.8, 4) is 0 Å². The van der Waals surface area contributed by atoms with Gasteiger partial charge in [0, 0.05) is 12.0 Å². The van der Waals surface area contributed by atoms with Crippen LogP contribution in [0.1, 0.15) is 74.1 Å². The first-order chi connectivity index (χ1) is 14.3. The molecule has 0 saturated heterocycles. The Morgan fingerprint density at radius 1 is 0.933 bits per heavy atom. The highest BCUT2D eigenvalue weighted by atomic mass is 28.4. The van der Waals surface area contributed by atoms with Crippen LogP contribution >= 0.6 is 0 Å². The van der Waals surface area contributed by atoms with E-state index in [-0.39, 0.29) is 12.0 Å². The molecule has 5 heteroatoms. The lowest BCUT2D eigenvalue weighted by molar-refractivity contribution is -0.0233. The monoisotopic (exact) mass is 452 g/mol. The van der Waals surface area contributed by atoms with Crippen LogP contribution in [0.25, 0.3) is 0 Å². The third-order valence-corrected chi connectivity index (χ3v) is 18.0. The average molecular weight is 453 g/mol. The van der Waals surface area contributed by atoms with E-state index in [4.69, 9.17) is 8.85 Å². The van der Waals surface area contributed by atoms with Gasteiger partial charge in [-0.15, -0.1) is 0 Å². The summed E-state index contributed by atoms with van der Waals surface area (Å²) in [5.74, 6) is 0.212. The second kappa shape index (κ2) is 11.1. The van der Waals surface area contributed by atoms with Gasteiger partial charge in [0.15, 0.2) is 16.6 Å². The summed E-state index contributed by atoms with van der Waals surface area (Å²) in [5.41, 5.74) is 1.87. The summed E-state index contributed by atoms with van der Waals surface area (Å²) < 4.78 is 13.4. The van der Waals surface area contributed by atoms with Gasteiger partial charge in [-0.2, -0.15) is 0 Å². The first-order valence-electron chi connectivity index (χ1n) is 12.7. The maximum absolute atomic E-state index is 11.8. The number of fused-ring (bicyclic) bond motifs is 1.